The highest BCUT2D eigenvalue weighted by Crippen LogP contribution is 2.38. The van der Waals surface area contributed by atoms with Gasteiger partial charge in [-0.3, -0.25) is 0 Å². The zero-order valence-corrected chi connectivity index (χ0v) is 21.6. The molecule has 2 rings (SSSR count). The summed E-state index contributed by atoms with van der Waals surface area (Å²) in [6, 6.07) is 5.31. The molecule has 1 unspecified atom stereocenters. The van der Waals surface area contributed by atoms with Crippen molar-refractivity contribution in [2.75, 3.05) is 5.73 Å². The summed E-state index contributed by atoms with van der Waals surface area (Å²) in [5.74, 6) is -1.17. The van der Waals surface area contributed by atoms with E-state index in [-0.39, 0.29) is 6.42 Å². The van der Waals surface area contributed by atoms with E-state index in [1.807, 2.05) is 33.8 Å². The van der Waals surface area contributed by atoms with Crippen molar-refractivity contribution in [1.82, 2.24) is 5.32 Å². The van der Waals surface area contributed by atoms with Crippen molar-refractivity contribution >= 4 is 30.3 Å². The fourth-order valence-corrected chi connectivity index (χ4v) is 3.61. The molecule has 0 aliphatic carbocycles. The first-order valence-corrected chi connectivity index (χ1v) is 11.2. The van der Waals surface area contributed by atoms with Gasteiger partial charge in [0.1, 0.15) is 11.1 Å². The van der Waals surface area contributed by atoms with Gasteiger partial charge in [-0.1, -0.05) is 32.9 Å². The highest BCUT2D eigenvalue weighted by atomic mass is 16.7. The van der Waals surface area contributed by atoms with Crippen molar-refractivity contribution in [3.63, 3.8) is 0 Å². The Morgan fingerprint density at radius 2 is 1.58 bits per heavy atom. The summed E-state index contributed by atoms with van der Waals surface area (Å²) in [7, 11) is -0.585. The second-order valence-electron chi connectivity index (χ2n) is 11.8. The maximum Gasteiger partial charge on any atom is 0.494 e. The van der Waals surface area contributed by atoms with Crippen molar-refractivity contribution in [1.29, 1.82) is 0 Å². The van der Waals surface area contributed by atoms with Crippen molar-refractivity contribution in [3.05, 3.63) is 23.8 Å². The van der Waals surface area contributed by atoms with Gasteiger partial charge >= 0.3 is 19.2 Å². The van der Waals surface area contributed by atoms with Gasteiger partial charge in [0.25, 0.3) is 0 Å². The van der Waals surface area contributed by atoms with E-state index in [1.54, 1.807) is 53.7 Å². The molecule has 9 heteroatoms. The molecule has 0 bridgehead atoms. The third-order valence-corrected chi connectivity index (χ3v) is 6.51. The molecule has 1 amide bonds. The first kappa shape index (κ1) is 27.0. The Morgan fingerprint density at radius 3 is 1.97 bits per heavy atom. The number of nitrogens with one attached hydrogen (secondary N) is 1. The summed E-state index contributed by atoms with van der Waals surface area (Å²) in [6.45, 7) is 18.3. The molecule has 0 saturated carbocycles. The Bertz CT molecular complexity index is 901. The van der Waals surface area contributed by atoms with Crippen LogP contribution in [0.2, 0.25) is 0 Å². The molecule has 1 heterocycles. The van der Waals surface area contributed by atoms with Gasteiger partial charge in [-0.25, -0.2) is 9.59 Å². The number of carbonyl (C=O) groups excluding carboxylic acids is 1. The monoisotopic (exact) mass is 462 g/mol. The number of nitrogen functional groups attached to an aromatic ring is 1. The minimum atomic E-state index is -1.66. The number of hydrogen-bond acceptors (Lipinski definition) is 6. The van der Waals surface area contributed by atoms with Gasteiger partial charge in [-0.05, 0) is 71.0 Å². The van der Waals surface area contributed by atoms with E-state index in [0.717, 1.165) is 5.46 Å². The molecule has 1 aliphatic heterocycles. The number of ether oxygens (including phenoxy) is 1. The predicted molar refractivity (Wildman–Crippen MR) is 129 cm³/mol. The number of alkyl carbamates (subject to hydrolysis) is 1. The van der Waals surface area contributed by atoms with Gasteiger partial charge in [0, 0.05) is 12.1 Å². The van der Waals surface area contributed by atoms with Crippen LogP contribution in [0.25, 0.3) is 0 Å². The molecule has 0 radical (unpaired) electrons. The molecule has 1 aromatic rings. The molecular weight excluding hydrogens is 423 g/mol. The van der Waals surface area contributed by atoms with E-state index in [2.05, 4.69) is 5.32 Å². The van der Waals surface area contributed by atoms with Gasteiger partial charge in [-0.2, -0.15) is 0 Å². The number of aliphatic carboxylic acids is 1. The lowest BCUT2D eigenvalue weighted by molar-refractivity contribution is -0.150. The zero-order valence-electron chi connectivity index (χ0n) is 21.6. The van der Waals surface area contributed by atoms with Crippen molar-refractivity contribution in [2.24, 2.45) is 5.41 Å². The maximum atomic E-state index is 12.6. The number of carbonyl (C=O) groups is 2. The number of rotatable bonds is 5. The summed E-state index contributed by atoms with van der Waals surface area (Å²) < 4.78 is 17.5. The SMILES string of the molecule is CC(C)(C)OC(=O)NC(Cc1ccc(B2OC(C)(C)C(C)(C)O2)cc1N)(C(=O)O)C(C)(C)C. The van der Waals surface area contributed by atoms with Crippen LogP contribution in [0, 0.1) is 5.41 Å². The lowest BCUT2D eigenvalue weighted by Gasteiger charge is -2.42. The molecule has 1 fully saturated rings. The van der Waals surface area contributed by atoms with Gasteiger partial charge in [0.2, 0.25) is 0 Å². The average Bonchev–Trinajstić information content (AvgIpc) is 2.80. The average molecular weight is 462 g/mol. The molecule has 0 aromatic heterocycles. The minimum Gasteiger partial charge on any atom is -0.479 e. The van der Waals surface area contributed by atoms with Crippen LogP contribution in [-0.4, -0.2) is 46.6 Å². The van der Waals surface area contributed by atoms with Gasteiger partial charge in [0.15, 0.2) is 0 Å². The van der Waals surface area contributed by atoms with Gasteiger partial charge < -0.3 is 30.2 Å². The highest BCUT2D eigenvalue weighted by molar-refractivity contribution is 6.62. The largest absolute Gasteiger partial charge is 0.494 e. The van der Waals surface area contributed by atoms with Crippen LogP contribution >= 0.6 is 0 Å². The molecule has 1 aromatic carbocycles. The van der Waals surface area contributed by atoms with Crippen LogP contribution < -0.4 is 16.5 Å². The van der Waals surface area contributed by atoms with Crippen LogP contribution in [0.1, 0.15) is 74.8 Å². The standard InChI is InChI=1S/C24H39BN2O6/c1-20(2,3)24(18(28)29,27-19(30)31-21(4,5)6)14-15-11-12-16(13-17(15)26)25-32-22(7,8)23(9,10)33-25/h11-13H,14,26H2,1-10H3,(H,27,30)(H,28,29). The van der Waals surface area contributed by atoms with Crippen LogP contribution in [-0.2, 0) is 25.3 Å². The van der Waals surface area contributed by atoms with Crippen LogP contribution in [0.3, 0.4) is 0 Å². The fraction of sp³-hybridized carbons (Fsp3) is 0.667. The molecule has 1 saturated heterocycles. The van der Waals surface area contributed by atoms with E-state index in [0.29, 0.717) is 11.3 Å². The number of carboxylic acid groups (broad SMARTS) is 1. The van der Waals surface area contributed by atoms with E-state index in [1.165, 1.54) is 0 Å². The summed E-state index contributed by atoms with van der Waals surface area (Å²) in [4.78, 5) is 25.1. The summed E-state index contributed by atoms with van der Waals surface area (Å²) >= 11 is 0. The predicted octanol–water partition coefficient (Wildman–Crippen LogP) is 3.50. The molecule has 8 nitrogen and oxygen atoms in total. The normalized spacial score (nSPS) is 19.6. The first-order chi connectivity index (χ1) is 14.7. The second-order valence-corrected chi connectivity index (χ2v) is 11.8. The number of nitrogens with two attached hydrogens (primary N) is 1. The molecule has 0 spiro atoms. The molecule has 184 valence electrons. The molecule has 4 N–H and O–H groups in total. The van der Waals surface area contributed by atoms with Crippen molar-refractivity contribution < 1.29 is 28.7 Å². The van der Waals surface area contributed by atoms with Crippen LogP contribution in [0.15, 0.2) is 18.2 Å². The maximum absolute atomic E-state index is 12.6. The third kappa shape index (κ3) is 5.63. The van der Waals surface area contributed by atoms with E-state index < -0.39 is 46.9 Å². The smallest absolute Gasteiger partial charge is 0.479 e. The molecular formula is C24H39BN2O6. The Morgan fingerprint density at radius 1 is 1.06 bits per heavy atom. The number of carboxylic acids is 1. The topological polar surface area (TPSA) is 120 Å². The number of benzene rings is 1. The van der Waals surface area contributed by atoms with E-state index in [9.17, 15) is 14.7 Å². The van der Waals surface area contributed by atoms with Crippen molar-refractivity contribution in [2.45, 2.75) is 98.0 Å². The Hall–Kier alpha value is -2.26. The quantitative estimate of drug-likeness (QED) is 0.453. The minimum absolute atomic E-state index is 0.0272. The van der Waals surface area contributed by atoms with Crippen molar-refractivity contribution in [3.8, 4) is 0 Å². The van der Waals surface area contributed by atoms with E-state index >= 15 is 0 Å². The second kappa shape index (κ2) is 8.51. The summed E-state index contributed by atoms with van der Waals surface area (Å²) in [5.41, 5.74) is 3.81. The first-order valence-electron chi connectivity index (χ1n) is 11.2. The Balaban J connectivity index is 2.39. The number of hydrogen-bond donors (Lipinski definition) is 3. The number of anilines is 1. The number of amides is 1. The zero-order chi connectivity index (χ0) is 25.6. The van der Waals surface area contributed by atoms with Crippen LogP contribution in [0.5, 0.6) is 0 Å². The van der Waals surface area contributed by atoms with Gasteiger partial charge in [0.05, 0.1) is 11.2 Å². The molecule has 1 atom stereocenters. The fourth-order valence-electron chi connectivity index (χ4n) is 3.61. The van der Waals surface area contributed by atoms with Crippen LogP contribution in [0.4, 0.5) is 10.5 Å². The van der Waals surface area contributed by atoms with Gasteiger partial charge in [-0.15, -0.1) is 0 Å². The molecule has 1 aliphatic rings. The summed E-state index contributed by atoms with van der Waals surface area (Å²) in [5, 5.41) is 12.9. The lowest BCUT2D eigenvalue weighted by Crippen LogP contribution is -2.64. The Labute approximate surface area is 197 Å². The Kier molecular flexibility index (Phi) is 6.96. The third-order valence-electron chi connectivity index (χ3n) is 6.51. The lowest BCUT2D eigenvalue weighted by atomic mass is 9.69. The van der Waals surface area contributed by atoms with E-state index in [4.69, 9.17) is 19.8 Å². The highest BCUT2D eigenvalue weighted by Gasteiger charge is 2.53. The summed E-state index contributed by atoms with van der Waals surface area (Å²) in [6.07, 6.45) is -0.826. The molecule has 33 heavy (non-hydrogen) atoms.